The van der Waals surface area contributed by atoms with Crippen LogP contribution < -0.4 is 19.7 Å². The van der Waals surface area contributed by atoms with E-state index in [1.165, 1.54) is 0 Å². The molecule has 1 heterocycles. The number of ether oxygens (including phenoxy) is 2. The molecule has 0 spiro atoms. The van der Waals surface area contributed by atoms with Crippen molar-refractivity contribution in [1.29, 1.82) is 0 Å². The van der Waals surface area contributed by atoms with Crippen LogP contribution in [0.25, 0.3) is 0 Å². The molecular formula is C18H19Cl2N2O3+. The minimum Gasteiger partial charge on any atom is -0.454 e. The fourth-order valence-electron chi connectivity index (χ4n) is 2.57. The maximum absolute atomic E-state index is 12.5. The number of quaternary nitrogens is 1. The minimum atomic E-state index is -0.267. The van der Waals surface area contributed by atoms with Gasteiger partial charge in [0.1, 0.15) is 6.54 Å². The van der Waals surface area contributed by atoms with Crippen molar-refractivity contribution in [3.8, 4) is 11.5 Å². The fraction of sp³-hybridized carbons (Fsp3) is 0.278. The van der Waals surface area contributed by atoms with Crippen molar-refractivity contribution in [2.45, 2.75) is 19.5 Å². The number of fused-ring (bicyclic) bond motifs is 1. The van der Waals surface area contributed by atoms with Crippen molar-refractivity contribution in [1.82, 2.24) is 0 Å². The molecule has 1 aliphatic rings. The van der Waals surface area contributed by atoms with E-state index < -0.39 is 0 Å². The lowest BCUT2D eigenvalue weighted by Crippen LogP contribution is -3.12. The van der Waals surface area contributed by atoms with Crippen molar-refractivity contribution in [2.75, 3.05) is 19.2 Å². The van der Waals surface area contributed by atoms with E-state index >= 15 is 0 Å². The molecular weight excluding hydrogens is 363 g/mol. The van der Waals surface area contributed by atoms with E-state index in [4.69, 9.17) is 32.7 Å². The van der Waals surface area contributed by atoms with Crippen molar-refractivity contribution >= 4 is 34.8 Å². The molecule has 132 valence electrons. The van der Waals surface area contributed by atoms with E-state index in [-0.39, 0.29) is 18.7 Å². The first-order valence-electron chi connectivity index (χ1n) is 7.91. The number of rotatable bonds is 5. The molecule has 0 radical (unpaired) electrons. The van der Waals surface area contributed by atoms with Gasteiger partial charge in [-0.05, 0) is 31.2 Å². The Kier molecular flexibility index (Phi) is 5.37. The highest BCUT2D eigenvalue weighted by molar-refractivity contribution is 6.35. The molecule has 2 aromatic rings. The van der Waals surface area contributed by atoms with Gasteiger partial charge in [0.15, 0.2) is 17.5 Å². The second-order valence-electron chi connectivity index (χ2n) is 6.04. The fourth-order valence-corrected chi connectivity index (χ4v) is 3.04. The summed E-state index contributed by atoms with van der Waals surface area (Å²) >= 11 is 12.1. The first-order valence-corrected chi connectivity index (χ1v) is 8.66. The summed E-state index contributed by atoms with van der Waals surface area (Å²) in [5.41, 5.74) is 1.63. The Morgan fingerprint density at radius 2 is 1.96 bits per heavy atom. The van der Waals surface area contributed by atoms with E-state index in [0.29, 0.717) is 33.8 Å². The monoisotopic (exact) mass is 381 g/mol. The lowest BCUT2D eigenvalue weighted by Gasteiger charge is -2.21. The number of benzene rings is 2. The molecule has 3 rings (SSSR count). The third kappa shape index (κ3) is 4.18. The average molecular weight is 382 g/mol. The molecule has 25 heavy (non-hydrogen) atoms. The maximum Gasteiger partial charge on any atom is 0.282 e. The van der Waals surface area contributed by atoms with Crippen LogP contribution in [0.2, 0.25) is 10.0 Å². The van der Waals surface area contributed by atoms with E-state index in [0.717, 1.165) is 10.5 Å². The third-order valence-corrected chi connectivity index (χ3v) is 4.84. The number of halogens is 2. The predicted octanol–water partition coefficient (Wildman–Crippen LogP) is 2.76. The van der Waals surface area contributed by atoms with Gasteiger partial charge in [0.25, 0.3) is 5.91 Å². The summed E-state index contributed by atoms with van der Waals surface area (Å²) < 4.78 is 10.6. The number of hydrogen-bond donors (Lipinski definition) is 2. The molecule has 5 nitrogen and oxygen atoms in total. The lowest BCUT2D eigenvalue weighted by molar-refractivity contribution is -0.907. The number of carbonyl (C=O) groups is 1. The van der Waals surface area contributed by atoms with E-state index in [1.807, 2.05) is 20.0 Å². The van der Waals surface area contributed by atoms with Crippen LogP contribution in [0, 0.1) is 0 Å². The van der Waals surface area contributed by atoms with Crippen LogP contribution in [0.3, 0.4) is 0 Å². The van der Waals surface area contributed by atoms with Crippen LogP contribution in [0.15, 0.2) is 36.4 Å². The molecule has 0 aromatic heterocycles. The number of nitrogens with one attached hydrogen (secondary N) is 2. The molecule has 0 saturated heterocycles. The van der Waals surface area contributed by atoms with Gasteiger partial charge >= 0.3 is 0 Å². The highest BCUT2D eigenvalue weighted by atomic mass is 35.5. The van der Waals surface area contributed by atoms with Crippen LogP contribution in [0.1, 0.15) is 12.5 Å². The first kappa shape index (κ1) is 17.9. The standard InChI is InChI=1S/C18H18Cl2N2O3/c1-11(22(2)9-12-3-4-13(19)7-15(12)20)18(23)21-14-5-6-16-17(8-14)25-10-24-16/h3-8,11H,9-10H2,1-2H3,(H,21,23)/p+1/t11-/m1/s1. The molecule has 0 saturated carbocycles. The predicted molar refractivity (Wildman–Crippen MR) is 97.7 cm³/mol. The molecule has 0 bridgehead atoms. The molecule has 1 aliphatic heterocycles. The molecule has 0 fully saturated rings. The van der Waals surface area contributed by atoms with Crippen molar-refractivity contribution in [3.05, 3.63) is 52.0 Å². The first-order chi connectivity index (χ1) is 11.9. The number of anilines is 1. The van der Waals surface area contributed by atoms with E-state index in [9.17, 15) is 4.79 Å². The Bertz CT molecular complexity index is 798. The second-order valence-corrected chi connectivity index (χ2v) is 6.88. The molecule has 7 heteroatoms. The van der Waals surface area contributed by atoms with Gasteiger partial charge in [-0.15, -0.1) is 0 Å². The normalized spacial score (nSPS) is 14.9. The summed E-state index contributed by atoms with van der Waals surface area (Å²) in [6.07, 6.45) is 0. The van der Waals surface area contributed by atoms with Crippen molar-refractivity contribution in [3.63, 3.8) is 0 Å². The summed E-state index contributed by atoms with van der Waals surface area (Å²) in [6, 6.07) is 10.5. The Morgan fingerprint density at radius 1 is 1.20 bits per heavy atom. The summed E-state index contributed by atoms with van der Waals surface area (Å²) in [4.78, 5) is 13.5. The maximum atomic E-state index is 12.5. The third-order valence-electron chi connectivity index (χ3n) is 4.26. The largest absolute Gasteiger partial charge is 0.454 e. The van der Waals surface area contributed by atoms with Crippen molar-refractivity contribution in [2.24, 2.45) is 0 Å². The summed E-state index contributed by atoms with van der Waals surface area (Å²) in [5, 5.41) is 4.12. The quantitative estimate of drug-likeness (QED) is 0.836. The summed E-state index contributed by atoms with van der Waals surface area (Å²) in [7, 11) is 1.95. The van der Waals surface area contributed by atoms with Crippen molar-refractivity contribution < 1.29 is 19.2 Å². The van der Waals surface area contributed by atoms with Gasteiger partial charge in [-0.1, -0.05) is 29.3 Å². The number of hydrogen-bond acceptors (Lipinski definition) is 3. The zero-order valence-electron chi connectivity index (χ0n) is 13.9. The minimum absolute atomic E-state index is 0.0820. The average Bonchev–Trinajstić information content (AvgIpc) is 3.04. The number of likely N-dealkylation sites (N-methyl/N-ethyl adjacent to an activating group) is 1. The molecule has 2 aromatic carbocycles. The smallest absolute Gasteiger partial charge is 0.282 e. The number of amides is 1. The van der Waals surface area contributed by atoms with Gasteiger partial charge in [0, 0.05) is 22.3 Å². The van der Waals surface area contributed by atoms with Crippen LogP contribution in [-0.2, 0) is 11.3 Å². The second kappa shape index (κ2) is 7.52. The zero-order chi connectivity index (χ0) is 18.0. The van der Waals surface area contributed by atoms with Gasteiger partial charge in [-0.3, -0.25) is 4.79 Å². The van der Waals surface area contributed by atoms with Gasteiger partial charge in [-0.2, -0.15) is 0 Å². The Labute approximate surface area is 156 Å². The highest BCUT2D eigenvalue weighted by Crippen LogP contribution is 2.34. The number of carbonyl (C=O) groups excluding carboxylic acids is 1. The van der Waals surface area contributed by atoms with Gasteiger partial charge < -0.3 is 19.7 Å². The molecule has 1 unspecified atom stereocenters. The van der Waals surface area contributed by atoms with Crippen LogP contribution in [-0.4, -0.2) is 25.8 Å². The Morgan fingerprint density at radius 3 is 2.72 bits per heavy atom. The van der Waals surface area contributed by atoms with Crippen LogP contribution in [0.4, 0.5) is 5.69 Å². The molecule has 2 atom stereocenters. The van der Waals surface area contributed by atoms with Crippen LogP contribution in [0.5, 0.6) is 11.5 Å². The molecule has 0 aliphatic carbocycles. The SMILES string of the molecule is C[C@H](C(=O)Nc1ccc2c(c1)OCO2)[NH+](C)Cc1ccc(Cl)cc1Cl. The molecule has 1 amide bonds. The Balaban J connectivity index is 1.63. The summed E-state index contributed by atoms with van der Waals surface area (Å²) in [6.45, 7) is 2.70. The highest BCUT2D eigenvalue weighted by Gasteiger charge is 2.23. The topological polar surface area (TPSA) is 52.0 Å². The van der Waals surface area contributed by atoms with Gasteiger partial charge in [0.2, 0.25) is 6.79 Å². The Hall–Kier alpha value is -1.95. The van der Waals surface area contributed by atoms with Gasteiger partial charge in [-0.25, -0.2) is 0 Å². The van der Waals surface area contributed by atoms with E-state index in [1.54, 1.807) is 30.3 Å². The van der Waals surface area contributed by atoms with Crippen LogP contribution >= 0.6 is 23.2 Å². The zero-order valence-corrected chi connectivity index (χ0v) is 15.4. The van der Waals surface area contributed by atoms with E-state index in [2.05, 4.69) is 5.32 Å². The summed E-state index contributed by atoms with van der Waals surface area (Å²) in [5.74, 6) is 1.24. The molecule has 2 N–H and O–H groups in total. The lowest BCUT2D eigenvalue weighted by atomic mass is 10.2. The van der Waals surface area contributed by atoms with Gasteiger partial charge in [0.05, 0.1) is 12.1 Å².